The van der Waals surface area contributed by atoms with Gasteiger partial charge in [0.05, 0.1) is 33.4 Å². The van der Waals surface area contributed by atoms with Crippen molar-refractivity contribution < 1.29 is 64.8 Å². The molecule has 15 heteroatoms. The van der Waals surface area contributed by atoms with Gasteiger partial charge in [0.1, 0.15) is 0 Å². The molecule has 0 radical (unpaired) electrons. The molecule has 0 aromatic heterocycles. The van der Waals surface area contributed by atoms with Crippen LogP contribution in [0.2, 0.25) is 0 Å². The van der Waals surface area contributed by atoms with E-state index >= 15 is 0 Å². The molecule has 0 aliphatic rings. The van der Waals surface area contributed by atoms with Crippen LogP contribution in [0.25, 0.3) is 0 Å². The van der Waals surface area contributed by atoms with Gasteiger partial charge in [-0.15, -0.1) is 0 Å². The van der Waals surface area contributed by atoms with E-state index in [-0.39, 0.29) is 25.4 Å². The molecule has 1 N–H and O–H groups in total. The highest BCUT2D eigenvalue weighted by molar-refractivity contribution is 7.89. The Kier molecular flexibility index (Phi) is 9.48. The van der Waals surface area contributed by atoms with E-state index in [4.69, 9.17) is 0 Å². The fourth-order valence-corrected chi connectivity index (χ4v) is 2.81. The SMILES string of the molecule is C[N+](C)(C)CCCNS(=O)(=O)CCC(F)(F)C(F)(F)C(F)(F)C(F)(F)F.[Cl-]. The average molecular weight is 463 g/mol. The van der Waals surface area contributed by atoms with Gasteiger partial charge in [-0.3, -0.25) is 0 Å². The van der Waals surface area contributed by atoms with Gasteiger partial charge in [-0.1, -0.05) is 0 Å². The Morgan fingerprint density at radius 2 is 1.30 bits per heavy atom. The molecule has 0 aromatic rings. The van der Waals surface area contributed by atoms with E-state index in [0.29, 0.717) is 11.0 Å². The molecule has 0 aromatic carbocycles. The monoisotopic (exact) mass is 462 g/mol. The molecule has 0 heterocycles. The Morgan fingerprint density at radius 3 is 1.67 bits per heavy atom. The van der Waals surface area contributed by atoms with Crippen molar-refractivity contribution in [1.29, 1.82) is 0 Å². The van der Waals surface area contributed by atoms with Crippen LogP contribution < -0.4 is 17.1 Å². The topological polar surface area (TPSA) is 46.2 Å². The van der Waals surface area contributed by atoms with Crippen molar-refractivity contribution in [3.05, 3.63) is 0 Å². The minimum Gasteiger partial charge on any atom is -1.00 e. The van der Waals surface area contributed by atoms with Crippen molar-refractivity contribution in [2.45, 2.75) is 36.8 Å². The smallest absolute Gasteiger partial charge is 0.460 e. The van der Waals surface area contributed by atoms with Gasteiger partial charge in [0.15, 0.2) is 0 Å². The van der Waals surface area contributed by atoms with E-state index < -0.39 is 46.1 Å². The summed E-state index contributed by atoms with van der Waals surface area (Å²) in [6, 6.07) is 0. The Balaban J connectivity index is 0. The minimum atomic E-state index is -7.02. The first-order chi connectivity index (χ1) is 11.2. The molecule has 4 nitrogen and oxygen atoms in total. The fraction of sp³-hybridized carbons (Fsp3) is 1.00. The molecule has 0 aliphatic carbocycles. The van der Waals surface area contributed by atoms with Crippen LogP contribution in [0, 0.1) is 0 Å². The van der Waals surface area contributed by atoms with Crippen LogP contribution in [-0.2, 0) is 10.0 Å². The standard InChI is InChI=1S/C12H20F9N2O2S.ClH/c1-23(2,3)7-4-6-22-26(24,25)8-5-9(13,14)10(15,16)11(17,18)12(19,20)21;/h22H,4-8H2,1-3H3;1H/q+1;/p-1. The second-order valence-corrected chi connectivity index (χ2v) is 8.61. The van der Waals surface area contributed by atoms with Crippen LogP contribution in [0.4, 0.5) is 39.5 Å². The van der Waals surface area contributed by atoms with Gasteiger partial charge < -0.3 is 16.9 Å². The van der Waals surface area contributed by atoms with E-state index in [1.165, 1.54) is 0 Å². The maximum Gasteiger partial charge on any atom is 0.460 e. The molecule has 0 saturated heterocycles. The highest BCUT2D eigenvalue weighted by atomic mass is 35.5. The number of quaternary nitrogens is 1. The molecule has 166 valence electrons. The van der Waals surface area contributed by atoms with Gasteiger partial charge in [-0.25, -0.2) is 13.1 Å². The van der Waals surface area contributed by atoms with Gasteiger partial charge in [0.2, 0.25) is 10.0 Å². The van der Waals surface area contributed by atoms with Gasteiger partial charge in [0.25, 0.3) is 0 Å². The third-order valence-electron chi connectivity index (χ3n) is 3.22. The van der Waals surface area contributed by atoms with Crippen molar-refractivity contribution in [2.24, 2.45) is 0 Å². The van der Waals surface area contributed by atoms with Crippen LogP contribution in [0.3, 0.4) is 0 Å². The zero-order valence-electron chi connectivity index (χ0n) is 14.5. The highest BCUT2D eigenvalue weighted by Gasteiger charge is 2.81. The first kappa shape index (κ1) is 28.7. The molecule has 0 aliphatic heterocycles. The normalized spacial score (nSPS) is 14.8. The Hall–Kier alpha value is -0.470. The van der Waals surface area contributed by atoms with Gasteiger partial charge in [0, 0.05) is 19.4 Å². The summed E-state index contributed by atoms with van der Waals surface area (Å²) in [7, 11) is 0.757. The van der Waals surface area contributed by atoms with E-state index in [9.17, 15) is 47.9 Å². The van der Waals surface area contributed by atoms with Crippen LogP contribution in [-0.4, -0.2) is 76.8 Å². The zero-order valence-corrected chi connectivity index (χ0v) is 16.1. The van der Waals surface area contributed by atoms with Crippen LogP contribution in [0.5, 0.6) is 0 Å². The fourth-order valence-electron chi connectivity index (χ4n) is 1.68. The maximum atomic E-state index is 13.3. The van der Waals surface area contributed by atoms with Crippen molar-refractivity contribution in [2.75, 3.05) is 40.0 Å². The van der Waals surface area contributed by atoms with Crippen LogP contribution >= 0.6 is 0 Å². The van der Waals surface area contributed by atoms with Crippen molar-refractivity contribution in [3.63, 3.8) is 0 Å². The largest absolute Gasteiger partial charge is 1.00 e. The summed E-state index contributed by atoms with van der Waals surface area (Å²) in [6.45, 7) is 0.229. The third kappa shape index (κ3) is 7.81. The number of sulfonamides is 1. The van der Waals surface area contributed by atoms with E-state index in [1.807, 2.05) is 0 Å². The third-order valence-corrected chi connectivity index (χ3v) is 4.61. The number of hydrogen-bond donors (Lipinski definition) is 1. The number of nitrogens with zero attached hydrogens (tertiary/aromatic N) is 1. The molecule has 0 saturated carbocycles. The van der Waals surface area contributed by atoms with Gasteiger partial charge >= 0.3 is 23.9 Å². The zero-order chi connectivity index (χ0) is 21.2. The Bertz CT molecular complexity index is 574. The number of halogens is 10. The lowest BCUT2D eigenvalue weighted by Crippen LogP contribution is -3.00. The predicted octanol–water partition coefficient (Wildman–Crippen LogP) is -0.136. The summed E-state index contributed by atoms with van der Waals surface area (Å²) < 4.78 is 139. The van der Waals surface area contributed by atoms with Crippen molar-refractivity contribution in [3.8, 4) is 0 Å². The molecule has 0 unspecified atom stereocenters. The van der Waals surface area contributed by atoms with Crippen LogP contribution in [0.1, 0.15) is 12.8 Å². The van der Waals surface area contributed by atoms with Gasteiger partial charge in [-0.05, 0) is 0 Å². The number of nitrogens with one attached hydrogen (secondary N) is 1. The molecule has 0 rings (SSSR count). The highest BCUT2D eigenvalue weighted by Crippen LogP contribution is 2.54. The lowest BCUT2D eigenvalue weighted by molar-refractivity contribution is -0.870. The lowest BCUT2D eigenvalue weighted by Gasteiger charge is -2.33. The molecule has 0 bridgehead atoms. The first-order valence-corrected chi connectivity index (χ1v) is 8.79. The lowest BCUT2D eigenvalue weighted by atomic mass is 10.0. The number of alkyl halides is 9. The van der Waals surface area contributed by atoms with Crippen molar-refractivity contribution >= 4 is 10.0 Å². The van der Waals surface area contributed by atoms with E-state index in [0.717, 1.165) is 0 Å². The van der Waals surface area contributed by atoms with E-state index in [2.05, 4.69) is 0 Å². The quantitative estimate of drug-likeness (QED) is 0.279. The second-order valence-electron chi connectivity index (χ2n) is 6.68. The number of hydrogen-bond acceptors (Lipinski definition) is 2. The second kappa shape index (κ2) is 8.91. The number of rotatable bonds is 10. The summed E-state index contributed by atoms with van der Waals surface area (Å²) >= 11 is 0. The Labute approximate surface area is 157 Å². The molecule has 0 atom stereocenters. The minimum absolute atomic E-state index is 0. The molecular formula is C12H20ClF9N2O2S. The summed E-state index contributed by atoms with van der Waals surface area (Å²) in [5.74, 6) is -21.5. The predicted molar refractivity (Wildman–Crippen MR) is 74.8 cm³/mol. The molecule has 0 spiro atoms. The van der Waals surface area contributed by atoms with E-state index in [1.54, 1.807) is 25.9 Å². The van der Waals surface area contributed by atoms with Gasteiger partial charge in [-0.2, -0.15) is 39.5 Å². The summed E-state index contributed by atoms with van der Waals surface area (Å²) in [4.78, 5) is 0. The Morgan fingerprint density at radius 1 is 0.852 bits per heavy atom. The molecule has 0 fully saturated rings. The first-order valence-electron chi connectivity index (χ1n) is 7.14. The summed E-state index contributed by atoms with van der Waals surface area (Å²) in [6.07, 6.45) is -9.08. The van der Waals surface area contributed by atoms with Crippen molar-refractivity contribution in [1.82, 2.24) is 4.72 Å². The maximum absolute atomic E-state index is 13.3. The van der Waals surface area contributed by atoms with Crippen LogP contribution in [0.15, 0.2) is 0 Å². The molecule has 0 amide bonds. The molecule has 27 heavy (non-hydrogen) atoms. The summed E-state index contributed by atoms with van der Waals surface area (Å²) in [5, 5.41) is 0. The molecular weight excluding hydrogens is 443 g/mol. The average Bonchev–Trinajstić information content (AvgIpc) is 2.39. The summed E-state index contributed by atoms with van der Waals surface area (Å²) in [5.41, 5.74) is 0.